The summed E-state index contributed by atoms with van der Waals surface area (Å²) >= 11 is 0. The fourth-order valence-electron chi connectivity index (χ4n) is 1.41. The highest BCUT2D eigenvalue weighted by Crippen LogP contribution is 2.10. The van der Waals surface area contributed by atoms with Crippen molar-refractivity contribution < 1.29 is 9.90 Å². The van der Waals surface area contributed by atoms with E-state index in [0.29, 0.717) is 6.42 Å². The molecule has 0 spiro atoms. The van der Waals surface area contributed by atoms with Crippen LogP contribution in [-0.2, 0) is 4.79 Å². The lowest BCUT2D eigenvalue weighted by atomic mass is 9.96. The van der Waals surface area contributed by atoms with Crippen molar-refractivity contribution in [2.75, 3.05) is 0 Å². The molecular weight excluding hydrogens is 192 g/mol. The lowest BCUT2D eigenvalue weighted by Gasteiger charge is -2.19. The van der Waals surface area contributed by atoms with E-state index in [-0.39, 0.29) is 17.9 Å². The Morgan fingerprint density at radius 1 is 1.40 bits per heavy atom. The maximum absolute atomic E-state index is 11.6. The van der Waals surface area contributed by atoms with Crippen LogP contribution in [0.3, 0.4) is 0 Å². The topological polar surface area (TPSA) is 73.1 Å². The van der Waals surface area contributed by atoms with Gasteiger partial charge < -0.3 is 10.4 Å². The second kappa shape index (κ2) is 6.41. The molecule has 0 rings (SSSR count). The fraction of sp³-hybridized carbons (Fsp3) is 0.818. The van der Waals surface area contributed by atoms with Crippen LogP contribution in [0, 0.1) is 23.2 Å². The summed E-state index contributed by atoms with van der Waals surface area (Å²) in [6.45, 7) is 7.17. The Balaban J connectivity index is 4.18. The lowest BCUT2D eigenvalue weighted by molar-refractivity contribution is -0.125. The van der Waals surface area contributed by atoms with Gasteiger partial charge in [0, 0.05) is 6.04 Å². The number of carbonyl (C=O) groups is 1. The molecule has 2 N–H and O–H groups in total. The summed E-state index contributed by atoms with van der Waals surface area (Å²) in [5.74, 6) is -0.851. The number of carbonyl (C=O) groups excluding carboxylic acids is 1. The van der Waals surface area contributed by atoms with E-state index in [9.17, 15) is 4.79 Å². The van der Waals surface area contributed by atoms with Crippen molar-refractivity contribution >= 4 is 5.91 Å². The van der Waals surface area contributed by atoms with Crippen molar-refractivity contribution in [1.82, 2.24) is 5.32 Å². The molecule has 3 atom stereocenters. The van der Waals surface area contributed by atoms with Crippen LogP contribution in [-0.4, -0.2) is 23.2 Å². The van der Waals surface area contributed by atoms with Crippen LogP contribution in [0.15, 0.2) is 0 Å². The Morgan fingerprint density at radius 2 is 1.93 bits per heavy atom. The molecule has 0 heterocycles. The Bertz CT molecular complexity index is 243. The molecule has 1 amide bonds. The summed E-state index contributed by atoms with van der Waals surface area (Å²) in [6, 6.07) is 1.88. The van der Waals surface area contributed by atoms with Gasteiger partial charge in [-0.2, -0.15) is 5.26 Å². The molecule has 0 bridgehead atoms. The molecule has 0 saturated carbocycles. The highest BCUT2D eigenvalue weighted by atomic mass is 16.3. The third-order valence-corrected chi connectivity index (χ3v) is 2.17. The van der Waals surface area contributed by atoms with Gasteiger partial charge in [-0.3, -0.25) is 4.79 Å². The first kappa shape index (κ1) is 13.9. The molecular formula is C11H20N2O2. The average molecular weight is 212 g/mol. The zero-order valence-electron chi connectivity index (χ0n) is 9.82. The van der Waals surface area contributed by atoms with E-state index in [1.54, 1.807) is 6.92 Å². The Morgan fingerprint density at radius 3 is 2.27 bits per heavy atom. The monoisotopic (exact) mass is 212 g/mol. The minimum atomic E-state index is -0.610. The van der Waals surface area contributed by atoms with Crippen molar-refractivity contribution in [2.45, 2.75) is 46.3 Å². The molecule has 0 radical (unpaired) electrons. The molecule has 0 aromatic carbocycles. The van der Waals surface area contributed by atoms with Gasteiger partial charge in [-0.15, -0.1) is 0 Å². The van der Waals surface area contributed by atoms with Gasteiger partial charge in [-0.1, -0.05) is 13.8 Å². The highest BCUT2D eigenvalue weighted by molar-refractivity contribution is 5.81. The largest absolute Gasteiger partial charge is 0.393 e. The van der Waals surface area contributed by atoms with Crippen molar-refractivity contribution in [1.29, 1.82) is 5.26 Å². The fourth-order valence-corrected chi connectivity index (χ4v) is 1.41. The molecule has 15 heavy (non-hydrogen) atoms. The predicted octanol–water partition coefficient (Wildman–Crippen LogP) is 1.06. The van der Waals surface area contributed by atoms with Crippen molar-refractivity contribution in [3.05, 3.63) is 0 Å². The number of hydrogen-bond donors (Lipinski definition) is 2. The van der Waals surface area contributed by atoms with Crippen molar-refractivity contribution in [2.24, 2.45) is 11.8 Å². The van der Waals surface area contributed by atoms with Gasteiger partial charge in [0.25, 0.3) is 0 Å². The molecule has 0 aliphatic heterocycles. The molecule has 0 aromatic heterocycles. The first-order valence-corrected chi connectivity index (χ1v) is 5.26. The molecule has 0 aliphatic carbocycles. The quantitative estimate of drug-likeness (QED) is 0.715. The predicted molar refractivity (Wildman–Crippen MR) is 57.8 cm³/mol. The maximum atomic E-state index is 11.6. The lowest BCUT2D eigenvalue weighted by Crippen LogP contribution is -2.39. The van der Waals surface area contributed by atoms with Crippen LogP contribution in [0.25, 0.3) is 0 Å². The number of aliphatic hydroxyl groups excluding tert-OH is 1. The molecule has 0 aromatic rings. The van der Waals surface area contributed by atoms with Crippen LogP contribution in [0.1, 0.15) is 34.1 Å². The Kier molecular flexibility index (Phi) is 5.95. The third-order valence-electron chi connectivity index (χ3n) is 2.17. The molecule has 0 saturated heterocycles. The van der Waals surface area contributed by atoms with Crippen molar-refractivity contribution in [3.63, 3.8) is 0 Å². The van der Waals surface area contributed by atoms with Crippen LogP contribution >= 0.6 is 0 Å². The zero-order chi connectivity index (χ0) is 12.0. The highest BCUT2D eigenvalue weighted by Gasteiger charge is 2.22. The van der Waals surface area contributed by atoms with E-state index >= 15 is 0 Å². The van der Waals surface area contributed by atoms with Gasteiger partial charge in [0.05, 0.1) is 12.2 Å². The number of hydrogen-bond acceptors (Lipinski definition) is 3. The molecule has 4 nitrogen and oxygen atoms in total. The smallest absolute Gasteiger partial charge is 0.237 e. The van der Waals surface area contributed by atoms with Crippen LogP contribution in [0.4, 0.5) is 0 Å². The Hall–Kier alpha value is -1.08. The number of nitrogens with zero attached hydrogens (tertiary/aromatic N) is 1. The van der Waals surface area contributed by atoms with Gasteiger partial charge in [0.15, 0.2) is 0 Å². The Labute approximate surface area is 91.3 Å². The number of nitrogens with one attached hydrogen (secondary N) is 1. The number of amides is 1. The summed E-state index contributed by atoms with van der Waals surface area (Å²) in [4.78, 5) is 11.6. The summed E-state index contributed by atoms with van der Waals surface area (Å²) < 4.78 is 0. The van der Waals surface area contributed by atoms with E-state index in [1.165, 1.54) is 0 Å². The van der Waals surface area contributed by atoms with Gasteiger partial charge >= 0.3 is 0 Å². The van der Waals surface area contributed by atoms with Crippen LogP contribution in [0.2, 0.25) is 0 Å². The van der Waals surface area contributed by atoms with Gasteiger partial charge in [0.1, 0.15) is 5.92 Å². The van der Waals surface area contributed by atoms with E-state index < -0.39 is 12.0 Å². The second-order valence-electron chi connectivity index (χ2n) is 4.35. The van der Waals surface area contributed by atoms with E-state index in [1.807, 2.05) is 26.8 Å². The van der Waals surface area contributed by atoms with Crippen molar-refractivity contribution in [3.8, 4) is 6.07 Å². The summed E-state index contributed by atoms with van der Waals surface area (Å²) in [7, 11) is 0. The molecule has 3 unspecified atom stereocenters. The zero-order valence-corrected chi connectivity index (χ0v) is 9.82. The summed E-state index contributed by atoms with van der Waals surface area (Å²) in [6.07, 6.45) is 0.0574. The summed E-state index contributed by atoms with van der Waals surface area (Å²) in [5.41, 5.74) is 0. The van der Waals surface area contributed by atoms with Gasteiger partial charge in [-0.25, -0.2) is 0 Å². The van der Waals surface area contributed by atoms with E-state index in [0.717, 1.165) is 0 Å². The molecule has 86 valence electrons. The van der Waals surface area contributed by atoms with Crippen LogP contribution in [0.5, 0.6) is 0 Å². The van der Waals surface area contributed by atoms with Gasteiger partial charge in [0.2, 0.25) is 5.91 Å². The minimum Gasteiger partial charge on any atom is -0.393 e. The second-order valence-corrected chi connectivity index (χ2v) is 4.35. The minimum absolute atomic E-state index is 0.00810. The number of aliphatic hydroxyl groups is 1. The molecule has 4 heteroatoms. The third kappa shape index (κ3) is 5.38. The normalized spacial score (nSPS) is 16.6. The standard InChI is InChI=1S/C11H20N2O2/c1-7(2)10(6-12)11(15)13-8(3)5-9(4)14/h7-10,14H,5H2,1-4H3,(H,13,15). The first-order chi connectivity index (χ1) is 6.88. The van der Waals surface area contributed by atoms with E-state index in [4.69, 9.17) is 10.4 Å². The molecule has 0 fully saturated rings. The van der Waals surface area contributed by atoms with Crippen LogP contribution < -0.4 is 5.32 Å². The maximum Gasteiger partial charge on any atom is 0.237 e. The van der Waals surface area contributed by atoms with Gasteiger partial charge in [-0.05, 0) is 26.2 Å². The molecule has 0 aliphatic rings. The SMILES string of the molecule is CC(O)CC(C)NC(=O)C(C#N)C(C)C. The first-order valence-electron chi connectivity index (χ1n) is 5.26. The summed E-state index contributed by atoms with van der Waals surface area (Å²) in [5, 5.41) is 20.6. The average Bonchev–Trinajstić information content (AvgIpc) is 2.01. The number of nitriles is 1. The van der Waals surface area contributed by atoms with E-state index in [2.05, 4.69) is 5.32 Å². The number of rotatable bonds is 5.